The maximum Gasteiger partial charge on any atom is 0.217 e. The first-order valence-electron chi connectivity index (χ1n) is 7.80. The van der Waals surface area contributed by atoms with Gasteiger partial charge in [-0.15, -0.1) is 0 Å². The molecule has 1 aromatic rings. The van der Waals surface area contributed by atoms with E-state index in [-0.39, 0.29) is 5.91 Å². The summed E-state index contributed by atoms with van der Waals surface area (Å²) >= 11 is 0. The van der Waals surface area contributed by atoms with E-state index in [0.717, 1.165) is 49.8 Å². The number of aliphatic imine (C=N–C) groups is 1. The molecule has 1 unspecified atom stereocenters. The zero-order chi connectivity index (χ0) is 15.9. The Morgan fingerprint density at radius 2 is 2.45 bits per heavy atom. The number of hydrogen-bond donors (Lipinski definition) is 2. The van der Waals surface area contributed by atoms with Crippen LogP contribution in [0.3, 0.4) is 0 Å². The Kier molecular flexibility index (Phi) is 5.80. The van der Waals surface area contributed by atoms with E-state index in [9.17, 15) is 4.79 Å². The average Bonchev–Trinajstić information content (AvgIpc) is 2.96. The topological polar surface area (TPSA) is 96.8 Å². The van der Waals surface area contributed by atoms with Crippen molar-refractivity contribution in [3.63, 3.8) is 0 Å². The molecule has 1 aliphatic heterocycles. The minimum atomic E-state index is -0.233. The number of aromatic nitrogens is 1. The van der Waals surface area contributed by atoms with Crippen molar-refractivity contribution in [1.82, 2.24) is 15.4 Å². The highest BCUT2D eigenvalue weighted by atomic mass is 16.5. The molecular formula is C15H25N5O2. The van der Waals surface area contributed by atoms with Gasteiger partial charge in [0.05, 0.1) is 12.2 Å². The molecule has 1 aromatic heterocycles. The molecule has 1 atom stereocenters. The lowest BCUT2D eigenvalue weighted by Gasteiger charge is -2.34. The minimum Gasteiger partial charge on any atom is -0.370 e. The molecule has 1 aliphatic rings. The van der Waals surface area contributed by atoms with Crippen LogP contribution >= 0.6 is 0 Å². The molecule has 0 radical (unpaired) electrons. The second kappa shape index (κ2) is 7.82. The molecule has 1 fully saturated rings. The monoisotopic (exact) mass is 307 g/mol. The summed E-state index contributed by atoms with van der Waals surface area (Å²) in [5, 5.41) is 7.27. The number of primary amides is 1. The van der Waals surface area contributed by atoms with Crippen molar-refractivity contribution >= 4 is 11.9 Å². The number of nitrogens with zero attached hydrogens (tertiary/aromatic N) is 3. The highest BCUT2D eigenvalue weighted by Crippen LogP contribution is 2.19. The van der Waals surface area contributed by atoms with Crippen molar-refractivity contribution in [2.24, 2.45) is 16.6 Å². The number of hydrogen-bond acceptors (Lipinski definition) is 4. The molecule has 0 aromatic carbocycles. The van der Waals surface area contributed by atoms with Crippen molar-refractivity contribution < 1.29 is 9.32 Å². The summed E-state index contributed by atoms with van der Waals surface area (Å²) in [6, 6.07) is 1.95. The number of carbonyl (C=O) groups is 1. The number of nitrogens with one attached hydrogen (secondary N) is 1. The number of nitrogens with two attached hydrogens (primary N) is 1. The van der Waals surface area contributed by atoms with Gasteiger partial charge in [0.2, 0.25) is 5.91 Å². The first-order chi connectivity index (χ1) is 10.6. The Labute approximate surface area is 130 Å². The lowest BCUT2D eigenvalue weighted by Crippen LogP contribution is -2.46. The molecular weight excluding hydrogens is 282 g/mol. The number of piperidine rings is 1. The highest BCUT2D eigenvalue weighted by Gasteiger charge is 2.23. The molecule has 3 N–H and O–H groups in total. The molecule has 2 rings (SSSR count). The van der Waals surface area contributed by atoms with E-state index in [4.69, 9.17) is 10.3 Å². The van der Waals surface area contributed by atoms with Gasteiger partial charge in [-0.3, -0.25) is 9.79 Å². The van der Waals surface area contributed by atoms with Gasteiger partial charge in [-0.1, -0.05) is 12.1 Å². The normalized spacial score (nSPS) is 19.3. The van der Waals surface area contributed by atoms with Gasteiger partial charge in [0.15, 0.2) is 11.7 Å². The summed E-state index contributed by atoms with van der Waals surface area (Å²) in [6.45, 7) is 4.34. The summed E-state index contributed by atoms with van der Waals surface area (Å²) in [6.07, 6.45) is 3.38. The standard InChI is InChI=1S/C15H25N5O2/c1-3-12-8-13(22-19-12)9-18-15(17-2)20-6-4-5-11(10-20)7-14(16)21/h8,11H,3-7,9-10H2,1-2H3,(H2,16,21)(H,17,18). The maximum absolute atomic E-state index is 11.1. The predicted octanol–water partition coefficient (Wildman–Crippen LogP) is 0.900. The molecule has 0 spiro atoms. The van der Waals surface area contributed by atoms with E-state index in [0.29, 0.717) is 18.9 Å². The van der Waals surface area contributed by atoms with Crippen LogP contribution in [0.1, 0.15) is 37.6 Å². The Morgan fingerprint density at radius 1 is 1.64 bits per heavy atom. The van der Waals surface area contributed by atoms with Crippen LogP contribution in [0, 0.1) is 5.92 Å². The summed E-state index contributed by atoms with van der Waals surface area (Å²) < 4.78 is 5.26. The third-order valence-electron chi connectivity index (χ3n) is 3.91. The van der Waals surface area contributed by atoms with E-state index < -0.39 is 0 Å². The van der Waals surface area contributed by atoms with Crippen molar-refractivity contribution in [3.8, 4) is 0 Å². The predicted molar refractivity (Wildman–Crippen MR) is 84.2 cm³/mol. The Hall–Kier alpha value is -2.05. The zero-order valence-electron chi connectivity index (χ0n) is 13.3. The molecule has 0 saturated carbocycles. The summed E-state index contributed by atoms with van der Waals surface area (Å²) in [5.41, 5.74) is 6.26. The van der Waals surface area contributed by atoms with Gasteiger partial charge in [0.25, 0.3) is 0 Å². The van der Waals surface area contributed by atoms with E-state index in [2.05, 4.69) is 20.4 Å². The Balaban J connectivity index is 1.89. The van der Waals surface area contributed by atoms with Gasteiger partial charge in [-0.2, -0.15) is 0 Å². The average molecular weight is 307 g/mol. The lowest BCUT2D eigenvalue weighted by atomic mass is 9.95. The quantitative estimate of drug-likeness (QED) is 0.622. The summed E-state index contributed by atoms with van der Waals surface area (Å²) in [4.78, 5) is 17.6. The van der Waals surface area contributed by atoms with Gasteiger partial charge in [-0.05, 0) is 25.2 Å². The Morgan fingerprint density at radius 3 is 3.09 bits per heavy atom. The van der Waals surface area contributed by atoms with E-state index in [1.807, 2.05) is 13.0 Å². The van der Waals surface area contributed by atoms with Crippen molar-refractivity contribution in [2.75, 3.05) is 20.1 Å². The molecule has 2 heterocycles. The van der Waals surface area contributed by atoms with Gasteiger partial charge >= 0.3 is 0 Å². The van der Waals surface area contributed by atoms with Crippen LogP contribution in [0.15, 0.2) is 15.6 Å². The molecule has 1 saturated heterocycles. The fourth-order valence-electron chi connectivity index (χ4n) is 2.81. The number of amides is 1. The van der Waals surface area contributed by atoms with Crippen molar-refractivity contribution in [1.29, 1.82) is 0 Å². The number of guanidine groups is 1. The van der Waals surface area contributed by atoms with Crippen LogP contribution in [-0.2, 0) is 17.8 Å². The van der Waals surface area contributed by atoms with E-state index >= 15 is 0 Å². The van der Waals surface area contributed by atoms with Crippen molar-refractivity contribution in [3.05, 3.63) is 17.5 Å². The highest BCUT2D eigenvalue weighted by molar-refractivity contribution is 5.80. The second-order valence-electron chi connectivity index (χ2n) is 5.66. The van der Waals surface area contributed by atoms with Gasteiger partial charge < -0.3 is 20.5 Å². The molecule has 7 heteroatoms. The lowest BCUT2D eigenvalue weighted by molar-refractivity contribution is -0.119. The van der Waals surface area contributed by atoms with Crippen LogP contribution in [0.2, 0.25) is 0 Å². The fourth-order valence-corrected chi connectivity index (χ4v) is 2.81. The van der Waals surface area contributed by atoms with Crippen LogP contribution in [0.5, 0.6) is 0 Å². The first-order valence-corrected chi connectivity index (χ1v) is 7.80. The van der Waals surface area contributed by atoms with Crippen LogP contribution in [0.25, 0.3) is 0 Å². The summed E-state index contributed by atoms with van der Waals surface area (Å²) in [5.74, 6) is 1.69. The van der Waals surface area contributed by atoms with E-state index in [1.165, 1.54) is 0 Å². The molecule has 7 nitrogen and oxygen atoms in total. The molecule has 0 aliphatic carbocycles. The third-order valence-corrected chi connectivity index (χ3v) is 3.91. The van der Waals surface area contributed by atoms with Crippen LogP contribution in [0.4, 0.5) is 0 Å². The van der Waals surface area contributed by atoms with E-state index in [1.54, 1.807) is 7.05 Å². The Bertz CT molecular complexity index is 526. The van der Waals surface area contributed by atoms with Gasteiger partial charge in [0.1, 0.15) is 0 Å². The van der Waals surface area contributed by atoms with Crippen LogP contribution in [-0.4, -0.2) is 42.1 Å². The number of carbonyl (C=O) groups excluding carboxylic acids is 1. The minimum absolute atomic E-state index is 0.233. The van der Waals surface area contributed by atoms with Gasteiger partial charge in [-0.25, -0.2) is 0 Å². The largest absolute Gasteiger partial charge is 0.370 e. The molecule has 22 heavy (non-hydrogen) atoms. The van der Waals surface area contributed by atoms with Crippen molar-refractivity contribution in [2.45, 2.75) is 39.2 Å². The zero-order valence-corrected chi connectivity index (χ0v) is 13.3. The molecule has 0 bridgehead atoms. The smallest absolute Gasteiger partial charge is 0.217 e. The SMILES string of the molecule is CCc1cc(CNC(=NC)N2CCCC(CC(N)=O)C2)on1. The second-order valence-corrected chi connectivity index (χ2v) is 5.66. The maximum atomic E-state index is 11.1. The number of aryl methyl sites for hydroxylation is 1. The fraction of sp³-hybridized carbons (Fsp3) is 0.667. The molecule has 1 amide bonds. The van der Waals surface area contributed by atoms with Gasteiger partial charge in [0, 0.05) is 32.6 Å². The number of rotatable bonds is 5. The first kappa shape index (κ1) is 16.3. The van der Waals surface area contributed by atoms with Crippen LogP contribution < -0.4 is 11.1 Å². The molecule has 122 valence electrons. The number of likely N-dealkylation sites (tertiary alicyclic amines) is 1. The third kappa shape index (κ3) is 4.47. The summed E-state index contributed by atoms with van der Waals surface area (Å²) in [7, 11) is 1.76.